The number of aromatic nitrogens is 2. The number of carbonyl (C=O) groups excluding carboxylic acids is 1. The minimum Gasteiger partial charge on any atom is -0.375 e. The Morgan fingerprint density at radius 3 is 2.92 bits per heavy atom. The molecule has 0 radical (unpaired) electrons. The number of aryl methyl sites for hydroxylation is 1. The maximum atomic E-state index is 11.5. The fourth-order valence-corrected chi connectivity index (χ4v) is 3.94. The van der Waals surface area contributed by atoms with E-state index in [1.165, 1.54) is 58.0 Å². The average molecular weight is 334 g/mol. The van der Waals surface area contributed by atoms with Crippen molar-refractivity contribution in [1.29, 1.82) is 0 Å². The van der Waals surface area contributed by atoms with E-state index in [-0.39, 0.29) is 12.5 Å². The zero-order valence-corrected chi connectivity index (χ0v) is 14.8. The summed E-state index contributed by atoms with van der Waals surface area (Å²) in [4.78, 5) is 14.1. The molecule has 2 aliphatic rings. The standard InChI is InChI=1S/C18H30N4O2/c1-24-14-18(23)19-11-16-10-17-13-21(8-5-9-22(17)20-16)12-15-6-3-2-4-7-15/h10,15H,2-9,11-14H2,1H3,(H,19,23). The SMILES string of the molecule is COCC(=O)NCc1cc2n(n1)CCCN(CC1CCCCC1)C2. The molecule has 1 aliphatic heterocycles. The normalized spacial score (nSPS) is 19.7. The Balaban J connectivity index is 1.55. The molecule has 1 N–H and O–H groups in total. The number of amides is 1. The maximum Gasteiger partial charge on any atom is 0.246 e. The maximum absolute atomic E-state index is 11.5. The van der Waals surface area contributed by atoms with Gasteiger partial charge in [-0.25, -0.2) is 0 Å². The first-order valence-electron chi connectivity index (χ1n) is 9.28. The quantitative estimate of drug-likeness (QED) is 0.864. The van der Waals surface area contributed by atoms with Gasteiger partial charge < -0.3 is 10.1 Å². The summed E-state index contributed by atoms with van der Waals surface area (Å²) in [5.41, 5.74) is 2.22. The van der Waals surface area contributed by atoms with Crippen LogP contribution in [0.4, 0.5) is 0 Å². The largest absolute Gasteiger partial charge is 0.375 e. The third-order valence-corrected chi connectivity index (χ3v) is 5.13. The molecule has 6 heteroatoms. The van der Waals surface area contributed by atoms with Gasteiger partial charge in [0.25, 0.3) is 0 Å². The van der Waals surface area contributed by atoms with Crippen molar-refractivity contribution in [2.24, 2.45) is 5.92 Å². The fraction of sp³-hybridized carbons (Fsp3) is 0.778. The molecular formula is C18H30N4O2. The highest BCUT2D eigenvalue weighted by atomic mass is 16.5. The topological polar surface area (TPSA) is 59.4 Å². The van der Waals surface area contributed by atoms with Crippen molar-refractivity contribution in [2.75, 3.05) is 26.8 Å². The first kappa shape index (κ1) is 17.4. The minimum atomic E-state index is -0.0976. The minimum absolute atomic E-state index is 0.0976. The second kappa shape index (κ2) is 8.62. The van der Waals surface area contributed by atoms with Gasteiger partial charge in [-0.15, -0.1) is 0 Å². The first-order valence-corrected chi connectivity index (χ1v) is 9.28. The smallest absolute Gasteiger partial charge is 0.246 e. The van der Waals surface area contributed by atoms with Crippen LogP contribution >= 0.6 is 0 Å². The van der Waals surface area contributed by atoms with Crippen LogP contribution in [0.2, 0.25) is 0 Å². The first-order chi connectivity index (χ1) is 11.7. The van der Waals surface area contributed by atoms with Gasteiger partial charge in [0.1, 0.15) is 6.61 Å². The van der Waals surface area contributed by atoms with Gasteiger partial charge in [-0.05, 0) is 31.2 Å². The van der Waals surface area contributed by atoms with Crippen molar-refractivity contribution in [3.63, 3.8) is 0 Å². The molecule has 0 spiro atoms. The molecule has 0 atom stereocenters. The van der Waals surface area contributed by atoms with Gasteiger partial charge >= 0.3 is 0 Å². The van der Waals surface area contributed by atoms with Crippen LogP contribution in [0.3, 0.4) is 0 Å². The molecule has 0 unspecified atom stereocenters. The Morgan fingerprint density at radius 1 is 1.29 bits per heavy atom. The Morgan fingerprint density at radius 2 is 2.12 bits per heavy atom. The fourth-order valence-electron chi connectivity index (χ4n) is 3.94. The van der Waals surface area contributed by atoms with Gasteiger partial charge in [0.05, 0.1) is 17.9 Å². The Bertz CT molecular complexity index is 537. The number of nitrogens with zero attached hydrogens (tertiary/aromatic N) is 3. The van der Waals surface area contributed by atoms with E-state index in [9.17, 15) is 4.79 Å². The summed E-state index contributed by atoms with van der Waals surface area (Å²) in [6.07, 6.45) is 8.17. The number of fused-ring (bicyclic) bond motifs is 1. The van der Waals surface area contributed by atoms with Crippen molar-refractivity contribution < 1.29 is 9.53 Å². The van der Waals surface area contributed by atoms with Crippen molar-refractivity contribution in [2.45, 2.75) is 58.2 Å². The number of ether oxygens (including phenoxy) is 1. The molecule has 1 aromatic heterocycles. The van der Waals surface area contributed by atoms with Crippen molar-refractivity contribution >= 4 is 5.91 Å². The predicted octanol–water partition coefficient (Wildman–Crippen LogP) is 1.93. The summed E-state index contributed by atoms with van der Waals surface area (Å²) in [5, 5.41) is 7.51. The van der Waals surface area contributed by atoms with E-state index in [1.54, 1.807) is 0 Å². The van der Waals surface area contributed by atoms with Crippen LogP contribution in [0.1, 0.15) is 49.9 Å². The lowest BCUT2D eigenvalue weighted by molar-refractivity contribution is -0.124. The molecule has 1 saturated carbocycles. The number of hydrogen-bond donors (Lipinski definition) is 1. The lowest BCUT2D eigenvalue weighted by Gasteiger charge is -2.28. The van der Waals surface area contributed by atoms with Crippen LogP contribution < -0.4 is 5.32 Å². The molecule has 0 bridgehead atoms. The highest BCUT2D eigenvalue weighted by Gasteiger charge is 2.21. The van der Waals surface area contributed by atoms with Crippen molar-refractivity contribution in [3.8, 4) is 0 Å². The number of carbonyl (C=O) groups is 1. The molecule has 1 aliphatic carbocycles. The molecule has 3 rings (SSSR count). The van der Waals surface area contributed by atoms with Gasteiger partial charge in [0.2, 0.25) is 5.91 Å². The van der Waals surface area contributed by atoms with E-state index in [0.29, 0.717) is 6.54 Å². The second-order valence-electron chi connectivity index (χ2n) is 7.15. The number of hydrogen-bond acceptors (Lipinski definition) is 4. The molecule has 1 fully saturated rings. The summed E-state index contributed by atoms with van der Waals surface area (Å²) in [6.45, 7) is 4.93. The second-order valence-corrected chi connectivity index (χ2v) is 7.15. The van der Waals surface area contributed by atoms with Gasteiger partial charge in [-0.1, -0.05) is 19.3 Å². The highest BCUT2D eigenvalue weighted by molar-refractivity contribution is 5.77. The molecular weight excluding hydrogens is 304 g/mol. The molecule has 134 valence electrons. The number of methoxy groups -OCH3 is 1. The molecule has 0 saturated heterocycles. The summed E-state index contributed by atoms with van der Waals surface area (Å²) in [7, 11) is 1.53. The predicted molar refractivity (Wildman–Crippen MR) is 92.4 cm³/mol. The van der Waals surface area contributed by atoms with Gasteiger partial charge in [-0.3, -0.25) is 14.4 Å². The van der Waals surface area contributed by atoms with Crippen LogP contribution in [0.5, 0.6) is 0 Å². The van der Waals surface area contributed by atoms with E-state index in [0.717, 1.165) is 31.1 Å². The molecule has 2 heterocycles. The van der Waals surface area contributed by atoms with Crippen LogP contribution in [0.25, 0.3) is 0 Å². The summed E-state index contributed by atoms with van der Waals surface area (Å²) < 4.78 is 6.96. The van der Waals surface area contributed by atoms with Gasteiger partial charge in [-0.2, -0.15) is 5.10 Å². The molecule has 1 aromatic rings. The molecule has 0 aromatic carbocycles. The third-order valence-electron chi connectivity index (χ3n) is 5.13. The monoisotopic (exact) mass is 334 g/mol. The van der Waals surface area contributed by atoms with E-state index in [2.05, 4.69) is 26.1 Å². The lowest BCUT2D eigenvalue weighted by atomic mass is 9.89. The van der Waals surface area contributed by atoms with E-state index in [4.69, 9.17) is 4.74 Å². The van der Waals surface area contributed by atoms with E-state index < -0.39 is 0 Å². The number of nitrogens with one attached hydrogen (secondary N) is 1. The zero-order valence-electron chi connectivity index (χ0n) is 14.8. The summed E-state index contributed by atoms with van der Waals surface area (Å²) in [5.74, 6) is 0.778. The van der Waals surface area contributed by atoms with Crippen LogP contribution in [-0.4, -0.2) is 47.4 Å². The summed E-state index contributed by atoms with van der Waals surface area (Å²) in [6, 6.07) is 2.15. The third kappa shape index (κ3) is 4.80. The Kier molecular flexibility index (Phi) is 6.26. The number of rotatable bonds is 6. The van der Waals surface area contributed by atoms with E-state index >= 15 is 0 Å². The highest BCUT2D eigenvalue weighted by Crippen LogP contribution is 2.25. The Labute approximate surface area is 144 Å². The summed E-state index contributed by atoms with van der Waals surface area (Å²) >= 11 is 0. The van der Waals surface area contributed by atoms with Gasteiger partial charge in [0, 0.05) is 33.3 Å². The zero-order chi connectivity index (χ0) is 16.8. The van der Waals surface area contributed by atoms with Crippen molar-refractivity contribution in [3.05, 3.63) is 17.5 Å². The van der Waals surface area contributed by atoms with E-state index in [1.807, 2.05) is 0 Å². The Hall–Kier alpha value is -1.40. The van der Waals surface area contributed by atoms with Crippen molar-refractivity contribution in [1.82, 2.24) is 20.0 Å². The van der Waals surface area contributed by atoms with Gasteiger partial charge in [0.15, 0.2) is 0 Å². The molecule has 24 heavy (non-hydrogen) atoms. The lowest BCUT2D eigenvalue weighted by Crippen LogP contribution is -2.30. The van der Waals surface area contributed by atoms with Crippen LogP contribution in [-0.2, 0) is 29.2 Å². The van der Waals surface area contributed by atoms with Crippen LogP contribution in [0.15, 0.2) is 6.07 Å². The average Bonchev–Trinajstić information content (AvgIpc) is 2.86. The van der Waals surface area contributed by atoms with Crippen LogP contribution in [0, 0.1) is 5.92 Å². The molecule has 1 amide bonds. The molecule has 6 nitrogen and oxygen atoms in total.